The van der Waals surface area contributed by atoms with Crippen molar-refractivity contribution in [3.8, 4) is 11.5 Å². The standard InChI is InChI=1S/C17H25N3O3/c1-18-17(19-9-8-13-5-4-10-21-13)20-11-14-12-22-15-6-2-3-7-16(15)23-14/h2-3,6-7,13-14H,4-5,8-12H2,1H3,(H2,18,19,20). The Kier molecular flexibility index (Phi) is 5.58. The summed E-state index contributed by atoms with van der Waals surface area (Å²) in [4.78, 5) is 4.24. The molecule has 6 nitrogen and oxygen atoms in total. The summed E-state index contributed by atoms with van der Waals surface area (Å²) in [6.07, 6.45) is 3.73. The molecule has 2 N–H and O–H groups in total. The number of hydrogen-bond acceptors (Lipinski definition) is 4. The lowest BCUT2D eigenvalue weighted by Gasteiger charge is -2.27. The van der Waals surface area contributed by atoms with Gasteiger partial charge < -0.3 is 24.8 Å². The van der Waals surface area contributed by atoms with Gasteiger partial charge in [0.15, 0.2) is 17.5 Å². The Hall–Kier alpha value is -1.95. The van der Waals surface area contributed by atoms with E-state index in [9.17, 15) is 0 Å². The second-order valence-electron chi connectivity index (χ2n) is 5.80. The fraction of sp³-hybridized carbons (Fsp3) is 0.588. The van der Waals surface area contributed by atoms with E-state index in [1.807, 2.05) is 24.3 Å². The van der Waals surface area contributed by atoms with Gasteiger partial charge in [0.2, 0.25) is 0 Å². The maximum atomic E-state index is 5.92. The van der Waals surface area contributed by atoms with Crippen LogP contribution in [0.1, 0.15) is 19.3 Å². The average molecular weight is 319 g/mol. The van der Waals surface area contributed by atoms with Crippen LogP contribution in [-0.4, -0.2) is 51.5 Å². The number of guanidine groups is 1. The summed E-state index contributed by atoms with van der Waals surface area (Å²) in [5.74, 6) is 2.39. The highest BCUT2D eigenvalue weighted by Gasteiger charge is 2.20. The maximum Gasteiger partial charge on any atom is 0.191 e. The van der Waals surface area contributed by atoms with Crippen molar-refractivity contribution in [2.75, 3.05) is 33.4 Å². The predicted octanol–water partition coefficient (Wildman–Crippen LogP) is 1.56. The second-order valence-corrected chi connectivity index (χ2v) is 5.80. The lowest BCUT2D eigenvalue weighted by atomic mass is 10.2. The highest BCUT2D eigenvalue weighted by Crippen LogP contribution is 2.30. The first-order chi connectivity index (χ1) is 11.3. The van der Waals surface area contributed by atoms with Gasteiger partial charge in [0.25, 0.3) is 0 Å². The molecular formula is C17H25N3O3. The summed E-state index contributed by atoms with van der Waals surface area (Å²) in [5.41, 5.74) is 0. The molecule has 23 heavy (non-hydrogen) atoms. The van der Waals surface area contributed by atoms with E-state index in [-0.39, 0.29) is 6.10 Å². The Bertz CT molecular complexity index is 530. The van der Waals surface area contributed by atoms with Crippen molar-refractivity contribution < 1.29 is 14.2 Å². The van der Waals surface area contributed by atoms with E-state index in [4.69, 9.17) is 14.2 Å². The Labute approximate surface area is 137 Å². The molecule has 1 aromatic rings. The van der Waals surface area contributed by atoms with Crippen molar-refractivity contribution in [3.05, 3.63) is 24.3 Å². The minimum atomic E-state index is -0.0263. The summed E-state index contributed by atoms with van der Waals surface area (Å²) >= 11 is 0. The zero-order valence-corrected chi connectivity index (χ0v) is 13.6. The molecule has 2 aliphatic heterocycles. The van der Waals surface area contributed by atoms with Crippen LogP contribution in [0.5, 0.6) is 11.5 Å². The van der Waals surface area contributed by atoms with Crippen LogP contribution in [0.2, 0.25) is 0 Å². The Morgan fingerprint density at radius 3 is 2.87 bits per heavy atom. The fourth-order valence-corrected chi connectivity index (χ4v) is 2.82. The van der Waals surface area contributed by atoms with Gasteiger partial charge in [0.1, 0.15) is 12.7 Å². The molecule has 0 amide bonds. The van der Waals surface area contributed by atoms with Gasteiger partial charge in [-0.3, -0.25) is 4.99 Å². The zero-order chi connectivity index (χ0) is 15.9. The first kappa shape index (κ1) is 15.9. The van der Waals surface area contributed by atoms with E-state index >= 15 is 0 Å². The number of benzene rings is 1. The first-order valence-electron chi connectivity index (χ1n) is 8.30. The lowest BCUT2D eigenvalue weighted by Crippen LogP contribution is -2.45. The zero-order valence-electron chi connectivity index (χ0n) is 13.6. The van der Waals surface area contributed by atoms with E-state index in [0.717, 1.165) is 37.0 Å². The van der Waals surface area contributed by atoms with Gasteiger partial charge in [-0.15, -0.1) is 0 Å². The van der Waals surface area contributed by atoms with E-state index in [1.165, 1.54) is 12.8 Å². The van der Waals surface area contributed by atoms with Crippen molar-refractivity contribution >= 4 is 5.96 Å². The van der Waals surface area contributed by atoms with Gasteiger partial charge in [0.05, 0.1) is 12.6 Å². The number of para-hydroxylation sites is 2. The molecule has 1 fully saturated rings. The van der Waals surface area contributed by atoms with Crippen molar-refractivity contribution in [2.45, 2.75) is 31.5 Å². The molecule has 126 valence electrons. The van der Waals surface area contributed by atoms with Crippen LogP contribution in [0.15, 0.2) is 29.3 Å². The van der Waals surface area contributed by atoms with E-state index in [1.54, 1.807) is 7.05 Å². The highest BCUT2D eigenvalue weighted by molar-refractivity contribution is 5.79. The van der Waals surface area contributed by atoms with Gasteiger partial charge in [-0.25, -0.2) is 0 Å². The minimum Gasteiger partial charge on any atom is -0.486 e. The molecule has 0 saturated carbocycles. The first-order valence-corrected chi connectivity index (χ1v) is 8.30. The average Bonchev–Trinajstić information content (AvgIpc) is 3.11. The number of fused-ring (bicyclic) bond motifs is 1. The van der Waals surface area contributed by atoms with E-state index in [0.29, 0.717) is 19.3 Å². The number of ether oxygens (including phenoxy) is 3. The molecule has 0 bridgehead atoms. The van der Waals surface area contributed by atoms with Crippen LogP contribution in [0.25, 0.3) is 0 Å². The number of rotatable bonds is 5. The molecule has 0 aliphatic carbocycles. The van der Waals surface area contributed by atoms with Crippen LogP contribution in [-0.2, 0) is 4.74 Å². The number of nitrogens with one attached hydrogen (secondary N) is 2. The van der Waals surface area contributed by atoms with Crippen LogP contribution in [0.4, 0.5) is 0 Å². The normalized spacial score (nSPS) is 23.6. The van der Waals surface area contributed by atoms with Crippen LogP contribution >= 0.6 is 0 Å². The molecule has 2 unspecified atom stereocenters. The van der Waals surface area contributed by atoms with Crippen LogP contribution in [0, 0.1) is 0 Å². The SMILES string of the molecule is CN=C(NCCC1CCCO1)NCC1COc2ccccc2O1. The Balaban J connectivity index is 1.38. The summed E-state index contributed by atoms with van der Waals surface area (Å²) < 4.78 is 17.3. The monoisotopic (exact) mass is 319 g/mol. The molecule has 1 aromatic carbocycles. The van der Waals surface area contributed by atoms with Crippen LogP contribution < -0.4 is 20.1 Å². The molecule has 2 atom stereocenters. The van der Waals surface area contributed by atoms with Gasteiger partial charge in [-0.1, -0.05) is 12.1 Å². The second kappa shape index (κ2) is 8.06. The van der Waals surface area contributed by atoms with Crippen molar-refractivity contribution in [1.82, 2.24) is 10.6 Å². The summed E-state index contributed by atoms with van der Waals surface area (Å²) in [6, 6.07) is 7.74. The van der Waals surface area contributed by atoms with E-state index in [2.05, 4.69) is 15.6 Å². The molecule has 6 heteroatoms. The third-order valence-electron chi connectivity index (χ3n) is 4.07. The van der Waals surface area contributed by atoms with Gasteiger partial charge >= 0.3 is 0 Å². The highest BCUT2D eigenvalue weighted by atomic mass is 16.6. The van der Waals surface area contributed by atoms with Crippen LogP contribution in [0.3, 0.4) is 0 Å². The summed E-state index contributed by atoms with van der Waals surface area (Å²) in [5, 5.41) is 6.61. The lowest BCUT2D eigenvalue weighted by molar-refractivity contribution is 0.0934. The molecular weight excluding hydrogens is 294 g/mol. The van der Waals surface area contributed by atoms with E-state index < -0.39 is 0 Å². The molecule has 1 saturated heterocycles. The van der Waals surface area contributed by atoms with Gasteiger partial charge in [-0.2, -0.15) is 0 Å². The predicted molar refractivity (Wildman–Crippen MR) is 89.3 cm³/mol. The number of aliphatic imine (C=N–C) groups is 1. The third-order valence-corrected chi connectivity index (χ3v) is 4.07. The number of nitrogens with zero attached hydrogens (tertiary/aromatic N) is 1. The molecule has 2 heterocycles. The van der Waals surface area contributed by atoms with Gasteiger partial charge in [0, 0.05) is 20.2 Å². The molecule has 0 radical (unpaired) electrons. The smallest absolute Gasteiger partial charge is 0.191 e. The molecule has 0 spiro atoms. The van der Waals surface area contributed by atoms with Crippen molar-refractivity contribution in [1.29, 1.82) is 0 Å². The number of hydrogen-bond donors (Lipinski definition) is 2. The van der Waals surface area contributed by atoms with Crippen molar-refractivity contribution in [2.24, 2.45) is 4.99 Å². The quantitative estimate of drug-likeness (QED) is 0.637. The maximum absolute atomic E-state index is 5.92. The van der Waals surface area contributed by atoms with Crippen molar-refractivity contribution in [3.63, 3.8) is 0 Å². The minimum absolute atomic E-state index is 0.0263. The Morgan fingerprint density at radius 2 is 2.09 bits per heavy atom. The molecule has 3 rings (SSSR count). The fourth-order valence-electron chi connectivity index (χ4n) is 2.82. The topological polar surface area (TPSA) is 64.1 Å². The molecule has 0 aromatic heterocycles. The van der Waals surface area contributed by atoms with Gasteiger partial charge in [-0.05, 0) is 31.4 Å². The Morgan fingerprint density at radius 1 is 1.22 bits per heavy atom. The molecule has 2 aliphatic rings. The third kappa shape index (κ3) is 4.51. The summed E-state index contributed by atoms with van der Waals surface area (Å²) in [7, 11) is 1.77. The largest absolute Gasteiger partial charge is 0.486 e. The summed E-state index contributed by atoms with van der Waals surface area (Å²) in [6.45, 7) is 2.94.